The summed E-state index contributed by atoms with van der Waals surface area (Å²) in [6.45, 7) is 0. The summed E-state index contributed by atoms with van der Waals surface area (Å²) in [7, 11) is 0. The highest BCUT2D eigenvalue weighted by Gasteiger charge is 2.43. The SMILES string of the molecule is NC(CC1(CSc2ccccc2Br)CC1)=NO. The second kappa shape index (κ2) is 5.31. The molecule has 0 amide bonds. The van der Waals surface area contributed by atoms with Gasteiger partial charge in [0, 0.05) is 21.5 Å². The molecule has 3 N–H and O–H groups in total. The smallest absolute Gasteiger partial charge is 0.139 e. The molecule has 3 nitrogen and oxygen atoms in total. The Bertz CT molecular complexity index is 432. The van der Waals surface area contributed by atoms with Gasteiger partial charge in [0.05, 0.1) is 0 Å². The second-order valence-corrected chi connectivity index (χ2v) is 6.36. The molecule has 2 rings (SSSR count). The van der Waals surface area contributed by atoms with Crippen molar-refractivity contribution in [2.24, 2.45) is 16.3 Å². The van der Waals surface area contributed by atoms with Crippen LogP contribution in [0, 0.1) is 5.41 Å². The van der Waals surface area contributed by atoms with E-state index in [0.29, 0.717) is 12.3 Å². The Balaban J connectivity index is 1.92. The number of nitrogens with zero attached hydrogens (tertiary/aromatic N) is 1. The minimum absolute atomic E-state index is 0.246. The predicted octanol–water partition coefficient (Wildman–Crippen LogP) is 3.46. The monoisotopic (exact) mass is 314 g/mol. The van der Waals surface area contributed by atoms with Crippen molar-refractivity contribution >= 4 is 33.5 Å². The number of rotatable bonds is 5. The van der Waals surface area contributed by atoms with Gasteiger partial charge >= 0.3 is 0 Å². The zero-order valence-corrected chi connectivity index (χ0v) is 11.8. The van der Waals surface area contributed by atoms with E-state index in [2.05, 4.69) is 27.2 Å². The molecule has 0 heterocycles. The van der Waals surface area contributed by atoms with Crippen molar-refractivity contribution in [1.29, 1.82) is 0 Å². The molecule has 0 unspecified atom stereocenters. The molecule has 5 heteroatoms. The standard InChI is InChI=1S/C12H15BrN2OS/c13-9-3-1-2-4-10(9)17-8-12(5-6-12)7-11(14)15-16/h1-4,16H,5-8H2,(H2,14,15). The number of benzene rings is 1. The Labute approximate surface area is 114 Å². The summed E-state index contributed by atoms with van der Waals surface area (Å²) in [6.07, 6.45) is 3.03. The van der Waals surface area contributed by atoms with Gasteiger partial charge in [0.15, 0.2) is 0 Å². The highest BCUT2D eigenvalue weighted by atomic mass is 79.9. The molecule has 1 aromatic rings. The lowest BCUT2D eigenvalue weighted by Gasteiger charge is -2.14. The summed E-state index contributed by atoms with van der Waals surface area (Å²) in [5, 5.41) is 11.7. The summed E-state index contributed by atoms with van der Waals surface area (Å²) in [6, 6.07) is 8.20. The van der Waals surface area contributed by atoms with Crippen LogP contribution in [0.4, 0.5) is 0 Å². The number of oxime groups is 1. The third-order valence-corrected chi connectivity index (χ3v) is 5.39. The molecule has 17 heavy (non-hydrogen) atoms. The summed E-state index contributed by atoms with van der Waals surface area (Å²) in [5.74, 6) is 1.36. The molecule has 0 spiro atoms. The number of halogens is 1. The van der Waals surface area contributed by atoms with E-state index in [9.17, 15) is 0 Å². The van der Waals surface area contributed by atoms with Gasteiger partial charge in [0.2, 0.25) is 0 Å². The van der Waals surface area contributed by atoms with Gasteiger partial charge < -0.3 is 10.9 Å². The zero-order chi connectivity index (χ0) is 12.3. The molecular formula is C12H15BrN2OS. The Hall–Kier alpha value is -0.680. The molecule has 1 aliphatic rings. The average molecular weight is 315 g/mol. The lowest BCUT2D eigenvalue weighted by atomic mass is 10.1. The van der Waals surface area contributed by atoms with Gasteiger partial charge in [-0.3, -0.25) is 0 Å². The molecule has 0 saturated heterocycles. The van der Waals surface area contributed by atoms with E-state index >= 15 is 0 Å². The summed E-state index contributed by atoms with van der Waals surface area (Å²) in [5.41, 5.74) is 5.83. The van der Waals surface area contributed by atoms with Crippen LogP contribution in [0.1, 0.15) is 19.3 Å². The highest BCUT2D eigenvalue weighted by molar-refractivity contribution is 9.10. The predicted molar refractivity (Wildman–Crippen MR) is 74.6 cm³/mol. The Morgan fingerprint density at radius 3 is 2.76 bits per heavy atom. The van der Waals surface area contributed by atoms with E-state index in [0.717, 1.165) is 10.2 Å². The van der Waals surface area contributed by atoms with E-state index in [4.69, 9.17) is 10.9 Å². The van der Waals surface area contributed by atoms with E-state index in [-0.39, 0.29) is 5.41 Å². The van der Waals surface area contributed by atoms with Crippen molar-refractivity contribution < 1.29 is 5.21 Å². The topological polar surface area (TPSA) is 58.6 Å². The number of amidine groups is 1. The van der Waals surface area contributed by atoms with Gasteiger partial charge in [0.25, 0.3) is 0 Å². The first-order valence-electron chi connectivity index (χ1n) is 5.49. The summed E-state index contributed by atoms with van der Waals surface area (Å²) < 4.78 is 1.13. The lowest BCUT2D eigenvalue weighted by molar-refractivity contribution is 0.315. The Kier molecular flexibility index (Phi) is 3.99. The maximum Gasteiger partial charge on any atom is 0.139 e. The van der Waals surface area contributed by atoms with Crippen LogP contribution in [0.2, 0.25) is 0 Å². The Morgan fingerprint density at radius 1 is 1.47 bits per heavy atom. The van der Waals surface area contributed by atoms with E-state index in [1.54, 1.807) is 0 Å². The first-order chi connectivity index (χ1) is 8.15. The fraction of sp³-hybridized carbons (Fsp3) is 0.417. The van der Waals surface area contributed by atoms with Crippen molar-refractivity contribution in [2.75, 3.05) is 5.75 Å². The number of nitrogens with two attached hydrogens (primary N) is 1. The van der Waals surface area contributed by atoms with Gasteiger partial charge in [-0.25, -0.2) is 0 Å². The van der Waals surface area contributed by atoms with Crippen LogP contribution in [0.3, 0.4) is 0 Å². The minimum Gasteiger partial charge on any atom is -0.409 e. The molecule has 92 valence electrons. The normalized spacial score (nSPS) is 18.1. The third-order valence-electron chi connectivity index (χ3n) is 3.01. The van der Waals surface area contributed by atoms with Crippen LogP contribution in [0.15, 0.2) is 38.8 Å². The Morgan fingerprint density at radius 2 is 2.18 bits per heavy atom. The number of thioether (sulfide) groups is 1. The molecule has 0 atom stereocenters. The van der Waals surface area contributed by atoms with Gasteiger partial charge in [0.1, 0.15) is 5.84 Å². The van der Waals surface area contributed by atoms with Gasteiger partial charge in [-0.2, -0.15) is 0 Å². The maximum atomic E-state index is 8.60. The van der Waals surface area contributed by atoms with Crippen LogP contribution in [0.5, 0.6) is 0 Å². The maximum absolute atomic E-state index is 8.60. The van der Waals surface area contributed by atoms with Gasteiger partial charge in [-0.1, -0.05) is 17.3 Å². The molecular weight excluding hydrogens is 300 g/mol. The van der Waals surface area contributed by atoms with Gasteiger partial charge in [-0.15, -0.1) is 11.8 Å². The van der Waals surface area contributed by atoms with E-state index in [1.165, 1.54) is 17.7 Å². The third kappa shape index (κ3) is 3.39. The highest BCUT2D eigenvalue weighted by Crippen LogP contribution is 2.52. The number of hydrogen-bond donors (Lipinski definition) is 2. The average Bonchev–Trinajstić information content (AvgIpc) is 3.08. The zero-order valence-electron chi connectivity index (χ0n) is 9.40. The van der Waals surface area contributed by atoms with Crippen LogP contribution < -0.4 is 5.73 Å². The molecule has 1 aromatic carbocycles. The largest absolute Gasteiger partial charge is 0.409 e. The number of hydrogen-bond acceptors (Lipinski definition) is 3. The molecule has 1 fully saturated rings. The quantitative estimate of drug-likeness (QED) is 0.288. The minimum atomic E-state index is 0.246. The van der Waals surface area contributed by atoms with Crippen LogP contribution in [-0.4, -0.2) is 16.8 Å². The second-order valence-electron chi connectivity index (χ2n) is 4.49. The fourth-order valence-electron chi connectivity index (χ4n) is 1.76. The summed E-state index contributed by atoms with van der Waals surface area (Å²) >= 11 is 5.37. The molecule has 0 radical (unpaired) electrons. The fourth-order valence-corrected chi connectivity index (χ4v) is 3.62. The lowest BCUT2D eigenvalue weighted by Crippen LogP contribution is -2.19. The first kappa shape index (κ1) is 12.8. The van der Waals surface area contributed by atoms with Crippen LogP contribution in [-0.2, 0) is 0 Å². The van der Waals surface area contributed by atoms with Crippen molar-refractivity contribution in [3.63, 3.8) is 0 Å². The van der Waals surface area contributed by atoms with Gasteiger partial charge in [-0.05, 0) is 46.3 Å². The van der Waals surface area contributed by atoms with Crippen molar-refractivity contribution in [3.8, 4) is 0 Å². The molecule has 1 aliphatic carbocycles. The summed E-state index contributed by atoms with van der Waals surface area (Å²) in [4.78, 5) is 1.25. The van der Waals surface area contributed by atoms with E-state index < -0.39 is 0 Å². The van der Waals surface area contributed by atoms with E-state index in [1.807, 2.05) is 30.0 Å². The van der Waals surface area contributed by atoms with Crippen molar-refractivity contribution in [3.05, 3.63) is 28.7 Å². The first-order valence-corrected chi connectivity index (χ1v) is 7.27. The molecule has 1 saturated carbocycles. The van der Waals surface area contributed by atoms with Crippen LogP contribution >= 0.6 is 27.7 Å². The molecule has 0 bridgehead atoms. The van der Waals surface area contributed by atoms with Crippen molar-refractivity contribution in [1.82, 2.24) is 0 Å². The van der Waals surface area contributed by atoms with Crippen molar-refractivity contribution in [2.45, 2.75) is 24.2 Å². The molecule has 0 aromatic heterocycles. The van der Waals surface area contributed by atoms with Crippen LogP contribution in [0.25, 0.3) is 0 Å². The molecule has 0 aliphatic heterocycles.